The molecule has 0 spiro atoms. The first kappa shape index (κ1) is 18.1. The van der Waals surface area contributed by atoms with Gasteiger partial charge in [0, 0.05) is 15.7 Å². The molecule has 0 unspecified atom stereocenters. The number of carbonyl (C=O) groups is 2. The first-order chi connectivity index (χ1) is 11.5. The Morgan fingerprint density at radius 1 is 1.12 bits per heavy atom. The second-order valence-electron chi connectivity index (χ2n) is 4.93. The van der Waals surface area contributed by atoms with Crippen molar-refractivity contribution in [2.45, 2.75) is 6.54 Å². The minimum atomic E-state index is -0.502. The normalized spacial score (nSPS) is 10.1. The molecule has 2 aromatic rings. The molecule has 3 N–H and O–H groups in total. The van der Waals surface area contributed by atoms with E-state index in [1.807, 2.05) is 6.07 Å². The van der Waals surface area contributed by atoms with Crippen molar-refractivity contribution in [1.82, 2.24) is 5.32 Å². The van der Waals surface area contributed by atoms with Gasteiger partial charge in [-0.3, -0.25) is 9.59 Å². The van der Waals surface area contributed by atoms with Crippen molar-refractivity contribution in [3.8, 4) is 11.5 Å². The van der Waals surface area contributed by atoms with E-state index in [2.05, 4.69) is 27.9 Å². The molecule has 2 amide bonds. The summed E-state index contributed by atoms with van der Waals surface area (Å²) in [7, 11) is 3.06. The van der Waals surface area contributed by atoms with Crippen LogP contribution in [0.25, 0.3) is 0 Å². The number of methoxy groups -OCH3 is 2. The molecule has 0 saturated heterocycles. The van der Waals surface area contributed by atoms with E-state index < -0.39 is 5.91 Å². The Morgan fingerprint density at radius 3 is 2.42 bits per heavy atom. The zero-order valence-electron chi connectivity index (χ0n) is 13.3. The summed E-state index contributed by atoms with van der Waals surface area (Å²) in [6.45, 7) is 0.282. The van der Waals surface area contributed by atoms with Crippen LogP contribution in [0.15, 0.2) is 36.4 Å². The summed E-state index contributed by atoms with van der Waals surface area (Å²) < 4.78 is 11.2. The minimum absolute atomic E-state index is 0.246. The third kappa shape index (κ3) is 4.16. The van der Waals surface area contributed by atoms with Crippen molar-refractivity contribution in [1.29, 1.82) is 0 Å². The second-order valence-corrected chi connectivity index (χ2v) is 6.10. The molecule has 2 rings (SSSR count). The minimum Gasteiger partial charge on any atom is -0.493 e. The lowest BCUT2D eigenvalue weighted by Crippen LogP contribution is -2.24. The molecule has 24 heavy (non-hydrogen) atoms. The maximum absolute atomic E-state index is 12.4. The van der Waals surface area contributed by atoms with E-state index in [1.54, 1.807) is 37.4 Å². The Morgan fingerprint density at radius 2 is 1.79 bits per heavy atom. The van der Waals surface area contributed by atoms with Gasteiger partial charge in [-0.15, -0.1) is 0 Å². The van der Waals surface area contributed by atoms with Crippen molar-refractivity contribution in [3.63, 3.8) is 0 Å². The van der Waals surface area contributed by atoms with E-state index in [9.17, 15) is 9.59 Å². The number of benzene rings is 2. The van der Waals surface area contributed by atoms with Crippen LogP contribution in [-0.4, -0.2) is 26.0 Å². The molecule has 7 heteroatoms. The van der Waals surface area contributed by atoms with Crippen LogP contribution in [0.3, 0.4) is 0 Å². The number of hydrogen-bond acceptors (Lipinski definition) is 4. The Hall–Kier alpha value is -2.29. The highest BCUT2D eigenvalue weighted by Gasteiger charge is 2.15. The number of nitrogens with one attached hydrogen (secondary N) is 1. The summed E-state index contributed by atoms with van der Waals surface area (Å²) in [5.74, 6) is 0.300. The van der Waals surface area contributed by atoms with Crippen molar-refractivity contribution in [3.05, 3.63) is 56.7 Å². The van der Waals surface area contributed by atoms with Crippen LogP contribution < -0.4 is 20.5 Å². The number of ether oxygens (including phenoxy) is 2. The highest BCUT2D eigenvalue weighted by molar-refractivity contribution is 14.1. The van der Waals surface area contributed by atoms with Gasteiger partial charge in [-0.1, -0.05) is 12.1 Å². The molecule has 0 radical (unpaired) electrons. The number of amides is 2. The van der Waals surface area contributed by atoms with E-state index >= 15 is 0 Å². The number of primary amides is 1. The molecule has 6 nitrogen and oxygen atoms in total. The predicted octanol–water partition coefficient (Wildman–Crippen LogP) is 2.34. The molecule has 0 aliphatic heterocycles. The van der Waals surface area contributed by atoms with Crippen LogP contribution in [0.4, 0.5) is 0 Å². The first-order valence-corrected chi connectivity index (χ1v) is 8.12. The van der Waals surface area contributed by atoms with Gasteiger partial charge in [0.25, 0.3) is 5.91 Å². The quantitative estimate of drug-likeness (QED) is 0.675. The van der Waals surface area contributed by atoms with Gasteiger partial charge in [0.05, 0.1) is 19.8 Å². The predicted molar refractivity (Wildman–Crippen MR) is 98.4 cm³/mol. The van der Waals surface area contributed by atoms with Crippen LogP contribution in [-0.2, 0) is 6.54 Å². The van der Waals surface area contributed by atoms with Crippen molar-refractivity contribution in [2.75, 3.05) is 14.2 Å². The fourth-order valence-electron chi connectivity index (χ4n) is 2.14. The molecule has 0 saturated carbocycles. The fourth-order valence-corrected chi connectivity index (χ4v) is 2.82. The molecule has 0 heterocycles. The zero-order chi connectivity index (χ0) is 17.7. The van der Waals surface area contributed by atoms with E-state index in [0.717, 1.165) is 9.13 Å². The van der Waals surface area contributed by atoms with E-state index in [1.165, 1.54) is 7.11 Å². The topological polar surface area (TPSA) is 90.6 Å². The van der Waals surface area contributed by atoms with E-state index in [-0.39, 0.29) is 12.5 Å². The van der Waals surface area contributed by atoms with E-state index in [0.29, 0.717) is 22.6 Å². The van der Waals surface area contributed by atoms with Gasteiger partial charge in [-0.25, -0.2) is 0 Å². The summed E-state index contributed by atoms with van der Waals surface area (Å²) in [6, 6.07) is 10.2. The summed E-state index contributed by atoms with van der Waals surface area (Å²) in [4.78, 5) is 23.6. The van der Waals surface area contributed by atoms with Crippen LogP contribution in [0.1, 0.15) is 26.3 Å². The Labute approximate surface area is 153 Å². The van der Waals surface area contributed by atoms with E-state index in [4.69, 9.17) is 15.2 Å². The average molecular weight is 440 g/mol. The highest BCUT2D eigenvalue weighted by atomic mass is 127. The monoisotopic (exact) mass is 440 g/mol. The lowest BCUT2D eigenvalue weighted by molar-refractivity contribution is 0.0949. The molecule has 0 atom stereocenters. The molecule has 0 aliphatic carbocycles. The lowest BCUT2D eigenvalue weighted by atomic mass is 10.1. The number of halogens is 1. The number of hydrogen-bond donors (Lipinski definition) is 2. The molecule has 0 fully saturated rings. The summed E-state index contributed by atoms with van der Waals surface area (Å²) in [5, 5.41) is 2.82. The lowest BCUT2D eigenvalue weighted by Gasteiger charge is -2.12. The second kappa shape index (κ2) is 8.00. The Bertz CT molecular complexity index is 777. The fraction of sp³-hybridized carbons (Fsp3) is 0.176. The van der Waals surface area contributed by atoms with Gasteiger partial charge in [0.15, 0.2) is 11.5 Å². The first-order valence-electron chi connectivity index (χ1n) is 7.04. The van der Waals surface area contributed by atoms with Crippen LogP contribution in [0.5, 0.6) is 11.5 Å². The Balaban J connectivity index is 2.15. The summed E-state index contributed by atoms with van der Waals surface area (Å²) >= 11 is 2.07. The zero-order valence-corrected chi connectivity index (χ0v) is 15.4. The standard InChI is InChI=1S/C17H17IN2O4/c1-23-14-7-12(13(18)8-15(14)24-2)17(22)20-9-10-4-3-5-11(6-10)16(19)21/h3-8H,9H2,1-2H3,(H2,19,21)(H,20,22). The van der Waals surface area contributed by atoms with Crippen LogP contribution in [0, 0.1) is 3.57 Å². The number of carbonyl (C=O) groups excluding carboxylic acids is 2. The van der Waals surface area contributed by atoms with Gasteiger partial charge < -0.3 is 20.5 Å². The molecular formula is C17H17IN2O4. The highest BCUT2D eigenvalue weighted by Crippen LogP contribution is 2.31. The number of nitrogens with two attached hydrogens (primary N) is 1. The van der Waals surface area contributed by atoms with Gasteiger partial charge in [-0.05, 0) is 52.4 Å². The maximum Gasteiger partial charge on any atom is 0.252 e. The molecule has 0 aliphatic rings. The van der Waals surface area contributed by atoms with Gasteiger partial charge in [-0.2, -0.15) is 0 Å². The van der Waals surface area contributed by atoms with Gasteiger partial charge in [0.1, 0.15) is 0 Å². The van der Waals surface area contributed by atoms with Crippen molar-refractivity contribution in [2.24, 2.45) is 5.73 Å². The maximum atomic E-state index is 12.4. The number of rotatable bonds is 6. The third-order valence-electron chi connectivity index (χ3n) is 3.38. The average Bonchev–Trinajstić information content (AvgIpc) is 2.59. The molecule has 2 aromatic carbocycles. The Kier molecular flexibility index (Phi) is 6.02. The van der Waals surface area contributed by atoms with Crippen LogP contribution in [0.2, 0.25) is 0 Å². The van der Waals surface area contributed by atoms with Crippen molar-refractivity contribution >= 4 is 34.4 Å². The molecule has 126 valence electrons. The van der Waals surface area contributed by atoms with Crippen molar-refractivity contribution < 1.29 is 19.1 Å². The molecule has 0 aromatic heterocycles. The van der Waals surface area contributed by atoms with Gasteiger partial charge >= 0.3 is 0 Å². The summed E-state index contributed by atoms with van der Waals surface area (Å²) in [5.41, 5.74) is 6.93. The third-order valence-corrected chi connectivity index (χ3v) is 4.27. The molecular weight excluding hydrogens is 423 g/mol. The molecule has 0 bridgehead atoms. The van der Waals surface area contributed by atoms with Gasteiger partial charge in [0.2, 0.25) is 5.91 Å². The SMILES string of the molecule is COc1cc(I)c(C(=O)NCc2cccc(C(N)=O)c2)cc1OC. The van der Waals surface area contributed by atoms with Crippen LogP contribution >= 0.6 is 22.6 Å². The summed E-state index contributed by atoms with van der Waals surface area (Å²) in [6.07, 6.45) is 0. The largest absolute Gasteiger partial charge is 0.493 e. The smallest absolute Gasteiger partial charge is 0.252 e.